The molecule has 5 rings (SSSR count). The van der Waals surface area contributed by atoms with Crippen LogP contribution in [-0.4, -0.2) is 11.0 Å². The number of amides is 1. The topological polar surface area (TPSA) is 71.3 Å². The first-order valence-corrected chi connectivity index (χ1v) is 11.8. The highest BCUT2D eigenvalue weighted by molar-refractivity contribution is 7.80. The Balaban J connectivity index is 1.32. The van der Waals surface area contributed by atoms with E-state index in [0.717, 1.165) is 22.1 Å². The summed E-state index contributed by atoms with van der Waals surface area (Å²) in [7, 11) is 0. The van der Waals surface area contributed by atoms with E-state index in [1.165, 1.54) is 0 Å². The molecule has 2 N–H and O–H groups in total. The van der Waals surface area contributed by atoms with Gasteiger partial charge in [0.05, 0.1) is 5.56 Å². The van der Waals surface area contributed by atoms with E-state index in [1.807, 2.05) is 91.9 Å². The van der Waals surface area contributed by atoms with Crippen LogP contribution in [0.4, 0.5) is 5.69 Å². The summed E-state index contributed by atoms with van der Waals surface area (Å²) in [6.45, 7) is 1.92. The molecule has 0 unspecified atom stereocenters. The highest BCUT2D eigenvalue weighted by Gasteiger charge is 2.12. The molecule has 0 radical (unpaired) electrons. The average Bonchev–Trinajstić information content (AvgIpc) is 2.90. The highest BCUT2D eigenvalue weighted by Crippen LogP contribution is 2.26. The van der Waals surface area contributed by atoms with Crippen LogP contribution >= 0.6 is 12.2 Å². The van der Waals surface area contributed by atoms with Gasteiger partial charge in [0.1, 0.15) is 5.58 Å². The molecule has 1 aromatic heterocycles. The van der Waals surface area contributed by atoms with Gasteiger partial charge in [0.15, 0.2) is 5.11 Å². The molecule has 1 heterocycles. The molecule has 0 fully saturated rings. The molecule has 0 aliphatic carbocycles. The van der Waals surface area contributed by atoms with Gasteiger partial charge in [0.25, 0.3) is 5.91 Å². The van der Waals surface area contributed by atoms with Crippen LogP contribution < -0.4 is 16.3 Å². The number of fused-ring (bicyclic) bond motifs is 1. The van der Waals surface area contributed by atoms with E-state index in [1.54, 1.807) is 18.2 Å². The number of hydrogen-bond donors (Lipinski definition) is 2. The fraction of sp³-hybridized carbons (Fsp3) is 0.0333. The molecule has 0 aliphatic heterocycles. The number of benzene rings is 4. The summed E-state index contributed by atoms with van der Waals surface area (Å²) in [6.07, 6.45) is 0. The number of thiocarbonyl (C=S) groups is 1. The fourth-order valence-electron chi connectivity index (χ4n) is 3.96. The second-order valence-corrected chi connectivity index (χ2v) is 8.77. The van der Waals surface area contributed by atoms with Gasteiger partial charge in [-0.2, -0.15) is 0 Å². The predicted octanol–water partition coefficient (Wildman–Crippen LogP) is 6.56. The summed E-state index contributed by atoms with van der Waals surface area (Å²) >= 11 is 5.40. The van der Waals surface area contributed by atoms with Crippen LogP contribution in [0.5, 0.6) is 0 Å². The molecule has 0 atom stereocenters. The SMILES string of the molecule is Cc1ccc(-c2cc3ccccc3oc2=O)cc1NC(=S)NC(=O)c1ccc(-c2ccccc2)cc1. The lowest BCUT2D eigenvalue weighted by molar-refractivity contribution is 0.0977. The standard InChI is InChI=1S/C30H22N2O3S/c1-19-11-12-23(25-17-24-9-5-6-10-27(24)35-29(25)34)18-26(19)31-30(36)32-28(33)22-15-13-21(14-16-22)20-7-3-2-4-8-20/h2-18H,1H3,(H2,31,32,33,36). The normalized spacial score (nSPS) is 10.7. The molecule has 4 aromatic carbocycles. The van der Waals surface area contributed by atoms with Crippen molar-refractivity contribution >= 4 is 39.9 Å². The Morgan fingerprint density at radius 1 is 0.778 bits per heavy atom. The van der Waals surface area contributed by atoms with Crippen LogP contribution in [0.1, 0.15) is 15.9 Å². The molecule has 5 aromatic rings. The number of nitrogens with one attached hydrogen (secondary N) is 2. The Labute approximate surface area is 213 Å². The van der Waals surface area contributed by atoms with E-state index < -0.39 is 5.63 Å². The number of hydrogen-bond acceptors (Lipinski definition) is 4. The van der Waals surface area contributed by atoms with Crippen molar-refractivity contribution in [1.82, 2.24) is 5.32 Å². The smallest absolute Gasteiger partial charge is 0.344 e. The quantitative estimate of drug-likeness (QED) is 0.220. The maximum Gasteiger partial charge on any atom is 0.344 e. The van der Waals surface area contributed by atoms with E-state index >= 15 is 0 Å². The molecule has 6 heteroatoms. The first-order valence-electron chi connectivity index (χ1n) is 11.4. The van der Waals surface area contributed by atoms with Crippen molar-refractivity contribution in [2.24, 2.45) is 0 Å². The summed E-state index contributed by atoms with van der Waals surface area (Å²) in [6, 6.07) is 32.1. The second-order valence-electron chi connectivity index (χ2n) is 8.37. The van der Waals surface area contributed by atoms with Crippen molar-refractivity contribution in [2.45, 2.75) is 6.92 Å². The first-order chi connectivity index (χ1) is 17.5. The van der Waals surface area contributed by atoms with Gasteiger partial charge in [0, 0.05) is 16.6 Å². The lowest BCUT2D eigenvalue weighted by atomic mass is 10.0. The molecule has 0 saturated heterocycles. The third kappa shape index (κ3) is 4.94. The molecule has 0 bridgehead atoms. The average molecular weight is 491 g/mol. The number of carbonyl (C=O) groups excluding carboxylic acids is 1. The Bertz CT molecular complexity index is 1640. The van der Waals surface area contributed by atoms with Crippen molar-refractivity contribution in [3.8, 4) is 22.3 Å². The lowest BCUT2D eigenvalue weighted by Gasteiger charge is -2.13. The van der Waals surface area contributed by atoms with Gasteiger partial charge >= 0.3 is 5.63 Å². The van der Waals surface area contributed by atoms with E-state index in [9.17, 15) is 9.59 Å². The lowest BCUT2D eigenvalue weighted by Crippen LogP contribution is -2.34. The predicted molar refractivity (Wildman–Crippen MR) is 148 cm³/mol. The Morgan fingerprint density at radius 3 is 2.22 bits per heavy atom. The van der Waals surface area contributed by atoms with Gasteiger partial charge in [-0.15, -0.1) is 0 Å². The zero-order chi connectivity index (χ0) is 25.1. The Hall–Kier alpha value is -4.55. The molecule has 36 heavy (non-hydrogen) atoms. The van der Waals surface area contributed by atoms with E-state index in [0.29, 0.717) is 28.0 Å². The first kappa shape index (κ1) is 23.2. The van der Waals surface area contributed by atoms with Gasteiger partial charge in [-0.05, 0) is 71.7 Å². The molecular formula is C30H22N2O3S. The van der Waals surface area contributed by atoms with E-state index in [4.69, 9.17) is 16.6 Å². The van der Waals surface area contributed by atoms with Crippen LogP contribution in [0.25, 0.3) is 33.2 Å². The Kier molecular flexibility index (Phi) is 6.43. The van der Waals surface area contributed by atoms with Gasteiger partial charge in [-0.1, -0.05) is 72.8 Å². The monoisotopic (exact) mass is 490 g/mol. The largest absolute Gasteiger partial charge is 0.422 e. The molecule has 0 saturated carbocycles. The maximum atomic E-state index is 12.7. The summed E-state index contributed by atoms with van der Waals surface area (Å²) in [4.78, 5) is 25.3. The minimum absolute atomic E-state index is 0.165. The molecule has 0 aliphatic rings. The number of aryl methyl sites for hydroxylation is 1. The number of rotatable bonds is 4. The van der Waals surface area contributed by atoms with Crippen LogP contribution in [0.2, 0.25) is 0 Å². The summed E-state index contributed by atoms with van der Waals surface area (Å²) < 4.78 is 5.48. The summed E-state index contributed by atoms with van der Waals surface area (Å²) in [5.74, 6) is -0.309. The van der Waals surface area contributed by atoms with Crippen molar-refractivity contribution in [1.29, 1.82) is 0 Å². The fourth-order valence-corrected chi connectivity index (χ4v) is 4.16. The third-order valence-corrected chi connectivity index (χ3v) is 6.12. The maximum absolute atomic E-state index is 12.7. The molecule has 176 valence electrons. The van der Waals surface area contributed by atoms with Crippen molar-refractivity contribution < 1.29 is 9.21 Å². The minimum Gasteiger partial charge on any atom is -0.422 e. The van der Waals surface area contributed by atoms with Crippen LogP contribution in [-0.2, 0) is 0 Å². The van der Waals surface area contributed by atoms with Crippen molar-refractivity contribution in [3.05, 3.63) is 125 Å². The molecule has 5 nitrogen and oxygen atoms in total. The number of carbonyl (C=O) groups is 1. The highest BCUT2D eigenvalue weighted by atomic mass is 32.1. The van der Waals surface area contributed by atoms with Gasteiger partial charge < -0.3 is 9.73 Å². The molecule has 1 amide bonds. The summed E-state index contributed by atoms with van der Waals surface area (Å²) in [5.41, 5.74) is 5.46. The van der Waals surface area contributed by atoms with Crippen molar-refractivity contribution in [2.75, 3.05) is 5.32 Å². The van der Waals surface area contributed by atoms with Crippen molar-refractivity contribution in [3.63, 3.8) is 0 Å². The zero-order valence-electron chi connectivity index (χ0n) is 19.4. The van der Waals surface area contributed by atoms with E-state index in [2.05, 4.69) is 10.6 Å². The minimum atomic E-state index is -0.418. The number of anilines is 1. The number of para-hydroxylation sites is 1. The van der Waals surface area contributed by atoms with Gasteiger partial charge in [0.2, 0.25) is 0 Å². The van der Waals surface area contributed by atoms with E-state index in [-0.39, 0.29) is 11.0 Å². The summed E-state index contributed by atoms with van der Waals surface area (Å²) in [5, 5.41) is 6.81. The van der Waals surface area contributed by atoms with Crippen LogP contribution in [0.3, 0.4) is 0 Å². The zero-order valence-corrected chi connectivity index (χ0v) is 20.3. The van der Waals surface area contributed by atoms with Crippen LogP contribution in [0, 0.1) is 6.92 Å². The second kappa shape index (κ2) is 9.98. The van der Waals surface area contributed by atoms with Crippen LogP contribution in [0.15, 0.2) is 112 Å². The molecular weight excluding hydrogens is 468 g/mol. The van der Waals surface area contributed by atoms with Gasteiger partial charge in [-0.25, -0.2) is 4.79 Å². The Morgan fingerprint density at radius 2 is 1.44 bits per heavy atom. The third-order valence-electron chi connectivity index (χ3n) is 5.92. The molecule has 0 spiro atoms. The van der Waals surface area contributed by atoms with Gasteiger partial charge in [-0.3, -0.25) is 10.1 Å².